The van der Waals surface area contributed by atoms with Crippen molar-refractivity contribution < 1.29 is 39.0 Å². The second kappa shape index (κ2) is 16.8. The largest absolute Gasteiger partial charge is 0.480 e. The standard InChI is InChI=1S/2C13H16N2O4/c2*14-11(16)7-6-10(13(18)19)15-12(17)8-9-4-2-1-3-5-9/h2*1-5,10H,6-8H2,(H2,14,16)(H,15,17)(H,18,19)/t10-;/m0./s1. The number of nitrogens with one attached hydrogen (secondary N) is 2. The van der Waals surface area contributed by atoms with Crippen LogP contribution in [0.15, 0.2) is 60.7 Å². The van der Waals surface area contributed by atoms with Gasteiger partial charge in [-0.05, 0) is 24.0 Å². The summed E-state index contributed by atoms with van der Waals surface area (Å²) >= 11 is 0. The fraction of sp³-hybridized carbons (Fsp3) is 0.308. The maximum absolute atomic E-state index is 11.7. The van der Waals surface area contributed by atoms with Crippen LogP contribution in [0, 0.1) is 0 Å². The van der Waals surface area contributed by atoms with Gasteiger partial charge in [-0.15, -0.1) is 0 Å². The normalized spacial score (nSPS) is 11.6. The molecule has 12 nitrogen and oxygen atoms in total. The van der Waals surface area contributed by atoms with E-state index in [-0.39, 0.29) is 38.5 Å². The quantitative estimate of drug-likeness (QED) is 0.197. The summed E-state index contributed by atoms with van der Waals surface area (Å²) in [6, 6.07) is 15.8. The van der Waals surface area contributed by atoms with Crippen molar-refractivity contribution in [1.29, 1.82) is 0 Å². The van der Waals surface area contributed by atoms with Crippen molar-refractivity contribution in [2.24, 2.45) is 11.5 Å². The fourth-order valence-corrected chi connectivity index (χ4v) is 3.14. The number of carboxylic acid groups (broad SMARTS) is 2. The van der Waals surface area contributed by atoms with Gasteiger partial charge in [-0.2, -0.15) is 0 Å². The second-order valence-corrected chi connectivity index (χ2v) is 8.25. The van der Waals surface area contributed by atoms with Crippen molar-refractivity contribution in [3.05, 3.63) is 71.8 Å². The Hall–Kier alpha value is -4.74. The summed E-state index contributed by atoms with van der Waals surface area (Å²) in [6.45, 7) is 0. The van der Waals surface area contributed by atoms with Crippen LogP contribution in [0.3, 0.4) is 0 Å². The summed E-state index contributed by atoms with van der Waals surface area (Å²) in [5.41, 5.74) is 11.5. The first-order valence-corrected chi connectivity index (χ1v) is 11.7. The predicted molar refractivity (Wildman–Crippen MR) is 136 cm³/mol. The van der Waals surface area contributed by atoms with Gasteiger partial charge in [0.15, 0.2) is 0 Å². The molecule has 0 spiro atoms. The minimum atomic E-state index is -1.18. The van der Waals surface area contributed by atoms with E-state index in [1.165, 1.54) is 0 Å². The van der Waals surface area contributed by atoms with Crippen molar-refractivity contribution in [3.8, 4) is 0 Å². The van der Waals surface area contributed by atoms with Gasteiger partial charge in [0.25, 0.3) is 0 Å². The molecule has 0 aromatic heterocycles. The van der Waals surface area contributed by atoms with Crippen LogP contribution in [0.2, 0.25) is 0 Å². The third kappa shape index (κ3) is 14.0. The molecule has 0 aliphatic carbocycles. The number of rotatable bonds is 14. The third-order valence-corrected chi connectivity index (χ3v) is 5.04. The molecule has 2 atom stereocenters. The number of hydrogen-bond donors (Lipinski definition) is 6. The van der Waals surface area contributed by atoms with Crippen molar-refractivity contribution in [1.82, 2.24) is 10.6 Å². The van der Waals surface area contributed by atoms with Gasteiger partial charge in [-0.25, -0.2) is 9.59 Å². The molecule has 0 saturated heterocycles. The molecule has 0 heterocycles. The van der Waals surface area contributed by atoms with Gasteiger partial charge in [0.2, 0.25) is 23.6 Å². The van der Waals surface area contributed by atoms with E-state index in [1.54, 1.807) is 48.5 Å². The van der Waals surface area contributed by atoms with Crippen LogP contribution in [-0.4, -0.2) is 57.9 Å². The predicted octanol–water partition coefficient (Wildman–Crippen LogP) is 0.128. The molecule has 0 aliphatic heterocycles. The molecular weight excluding hydrogens is 496 g/mol. The smallest absolute Gasteiger partial charge is 0.326 e. The summed E-state index contributed by atoms with van der Waals surface area (Å²) in [5.74, 6) is -4.34. The van der Waals surface area contributed by atoms with Crippen LogP contribution in [-0.2, 0) is 41.6 Å². The lowest BCUT2D eigenvalue weighted by Gasteiger charge is -2.13. The van der Waals surface area contributed by atoms with E-state index in [4.69, 9.17) is 21.7 Å². The first kappa shape index (κ1) is 31.3. The Labute approximate surface area is 219 Å². The Balaban J connectivity index is 0.000000380. The minimum Gasteiger partial charge on any atom is -0.480 e. The summed E-state index contributed by atoms with van der Waals surface area (Å²) in [6.07, 6.45) is 0.0178. The van der Waals surface area contributed by atoms with Gasteiger partial charge in [0.05, 0.1) is 12.8 Å². The van der Waals surface area contributed by atoms with E-state index >= 15 is 0 Å². The summed E-state index contributed by atoms with van der Waals surface area (Å²) in [7, 11) is 0. The molecule has 0 bridgehead atoms. The topological polar surface area (TPSA) is 219 Å². The van der Waals surface area contributed by atoms with E-state index in [1.807, 2.05) is 12.1 Å². The monoisotopic (exact) mass is 528 g/mol. The summed E-state index contributed by atoms with van der Waals surface area (Å²) in [4.78, 5) is 66.5. The number of benzene rings is 2. The number of nitrogens with two attached hydrogens (primary N) is 2. The average Bonchev–Trinajstić information content (AvgIpc) is 2.85. The lowest BCUT2D eigenvalue weighted by atomic mass is 10.1. The van der Waals surface area contributed by atoms with Gasteiger partial charge in [-0.3, -0.25) is 19.2 Å². The van der Waals surface area contributed by atoms with E-state index in [0.29, 0.717) is 0 Å². The zero-order valence-corrected chi connectivity index (χ0v) is 20.7. The third-order valence-electron chi connectivity index (χ3n) is 5.04. The van der Waals surface area contributed by atoms with Crippen LogP contribution in [0.1, 0.15) is 36.8 Å². The number of carbonyl (C=O) groups excluding carboxylic acids is 4. The second-order valence-electron chi connectivity index (χ2n) is 8.25. The summed E-state index contributed by atoms with van der Waals surface area (Å²) in [5, 5.41) is 22.6. The highest BCUT2D eigenvalue weighted by Gasteiger charge is 2.21. The zero-order chi connectivity index (χ0) is 28.5. The van der Waals surface area contributed by atoms with Gasteiger partial charge in [0, 0.05) is 12.8 Å². The Morgan fingerprint density at radius 3 is 1.18 bits per heavy atom. The van der Waals surface area contributed by atoms with E-state index in [9.17, 15) is 28.8 Å². The molecule has 204 valence electrons. The SMILES string of the molecule is NC(=O)CCC(NC(=O)Cc1ccccc1)C(=O)O.NC(=O)CC[C@H](NC(=O)Cc1ccccc1)C(=O)O. The molecule has 4 amide bonds. The van der Waals surface area contributed by atoms with Crippen LogP contribution in [0.4, 0.5) is 0 Å². The number of amides is 4. The number of hydrogen-bond acceptors (Lipinski definition) is 6. The molecule has 0 fully saturated rings. The maximum atomic E-state index is 11.7. The Morgan fingerprint density at radius 1 is 0.605 bits per heavy atom. The number of carbonyl (C=O) groups is 6. The molecule has 38 heavy (non-hydrogen) atoms. The molecule has 2 aromatic carbocycles. The molecule has 2 rings (SSSR count). The van der Waals surface area contributed by atoms with Crippen LogP contribution < -0.4 is 22.1 Å². The molecule has 0 aliphatic rings. The van der Waals surface area contributed by atoms with Crippen molar-refractivity contribution >= 4 is 35.6 Å². The molecule has 1 unspecified atom stereocenters. The minimum absolute atomic E-state index is 0.00873. The van der Waals surface area contributed by atoms with Gasteiger partial charge >= 0.3 is 11.9 Å². The highest BCUT2D eigenvalue weighted by molar-refractivity contribution is 5.86. The van der Waals surface area contributed by atoms with Gasteiger partial charge in [0.1, 0.15) is 12.1 Å². The Bertz CT molecular complexity index is 1010. The first-order chi connectivity index (χ1) is 18.0. The van der Waals surface area contributed by atoms with Crippen molar-refractivity contribution in [2.45, 2.75) is 50.6 Å². The Morgan fingerprint density at radius 2 is 0.921 bits per heavy atom. The van der Waals surface area contributed by atoms with Gasteiger partial charge in [-0.1, -0.05) is 60.7 Å². The number of primary amides is 2. The highest BCUT2D eigenvalue weighted by atomic mass is 16.4. The van der Waals surface area contributed by atoms with Crippen molar-refractivity contribution in [3.63, 3.8) is 0 Å². The van der Waals surface area contributed by atoms with Crippen LogP contribution >= 0.6 is 0 Å². The van der Waals surface area contributed by atoms with Crippen molar-refractivity contribution in [2.75, 3.05) is 0 Å². The highest BCUT2D eigenvalue weighted by Crippen LogP contribution is 2.03. The zero-order valence-electron chi connectivity index (χ0n) is 20.7. The number of aliphatic carboxylic acids is 2. The molecule has 0 radical (unpaired) electrons. The van der Waals surface area contributed by atoms with E-state index in [2.05, 4.69) is 10.6 Å². The van der Waals surface area contributed by atoms with Gasteiger partial charge < -0.3 is 32.3 Å². The van der Waals surface area contributed by atoms with Crippen LogP contribution in [0.5, 0.6) is 0 Å². The van der Waals surface area contributed by atoms with Crippen LogP contribution in [0.25, 0.3) is 0 Å². The first-order valence-electron chi connectivity index (χ1n) is 11.7. The molecule has 12 heteroatoms. The molecule has 2 aromatic rings. The fourth-order valence-electron chi connectivity index (χ4n) is 3.14. The maximum Gasteiger partial charge on any atom is 0.326 e. The summed E-state index contributed by atoms with van der Waals surface area (Å²) < 4.78 is 0. The Kier molecular flexibility index (Phi) is 13.9. The van der Waals surface area contributed by atoms with E-state index < -0.39 is 47.7 Å². The molecular formula is C26H32N4O8. The van der Waals surface area contributed by atoms with E-state index in [0.717, 1.165) is 11.1 Å². The molecule has 0 saturated carbocycles. The lowest BCUT2D eigenvalue weighted by Crippen LogP contribution is -2.42. The average molecular weight is 529 g/mol. The lowest BCUT2D eigenvalue weighted by molar-refractivity contribution is -0.142. The number of carboxylic acids is 2. The molecule has 8 N–H and O–H groups in total.